The Hall–Kier alpha value is -2.31. The van der Waals surface area contributed by atoms with Gasteiger partial charge in [-0.25, -0.2) is 9.49 Å². The molecule has 3 rings (SSSR count). The van der Waals surface area contributed by atoms with Crippen LogP contribution in [0.5, 0.6) is 0 Å². The molecule has 0 saturated carbocycles. The summed E-state index contributed by atoms with van der Waals surface area (Å²) in [6.07, 6.45) is 1.58. The molecular weight excluding hydrogens is 323 g/mol. The van der Waals surface area contributed by atoms with Gasteiger partial charge in [-0.15, -0.1) is 0 Å². The van der Waals surface area contributed by atoms with Gasteiger partial charge in [-0.1, -0.05) is 35.9 Å². The maximum Gasteiger partial charge on any atom is 0.216 e. The van der Waals surface area contributed by atoms with Crippen LogP contribution in [0.2, 0.25) is 5.02 Å². The van der Waals surface area contributed by atoms with Crippen molar-refractivity contribution in [3.63, 3.8) is 0 Å². The number of aromatic amines is 1. The number of hydrogen-bond donors (Lipinski definition) is 1. The van der Waals surface area contributed by atoms with Gasteiger partial charge in [0.1, 0.15) is 5.82 Å². The Kier molecular flexibility index (Phi) is 4.13. The van der Waals surface area contributed by atoms with Crippen molar-refractivity contribution in [3.8, 4) is 11.4 Å². The number of H-pyrrole nitrogens is 1. The molecule has 4 nitrogen and oxygen atoms in total. The molecule has 0 aliphatic rings. The van der Waals surface area contributed by atoms with Gasteiger partial charge in [-0.05, 0) is 42.0 Å². The van der Waals surface area contributed by atoms with E-state index in [1.807, 2.05) is 12.1 Å². The number of nitrogens with one attached hydrogen (secondary N) is 1. The van der Waals surface area contributed by atoms with Crippen molar-refractivity contribution >= 4 is 30.0 Å². The average molecular weight is 333 g/mol. The number of benzene rings is 2. The summed E-state index contributed by atoms with van der Waals surface area (Å²) in [5.41, 5.74) is 1.54. The highest BCUT2D eigenvalue weighted by atomic mass is 35.5. The summed E-state index contributed by atoms with van der Waals surface area (Å²) < 4.78 is 14.7. The fourth-order valence-electron chi connectivity index (χ4n) is 1.89. The highest BCUT2D eigenvalue weighted by molar-refractivity contribution is 7.71. The highest BCUT2D eigenvalue weighted by Gasteiger charge is 2.08. The van der Waals surface area contributed by atoms with Gasteiger partial charge in [-0.2, -0.15) is 14.9 Å². The van der Waals surface area contributed by atoms with Gasteiger partial charge < -0.3 is 0 Å². The Labute approximate surface area is 135 Å². The number of aromatic nitrogens is 3. The lowest BCUT2D eigenvalue weighted by Crippen LogP contribution is -1.95. The maximum atomic E-state index is 12.9. The number of hydrogen-bond acceptors (Lipinski definition) is 3. The molecule has 110 valence electrons. The van der Waals surface area contributed by atoms with E-state index in [-0.39, 0.29) is 5.82 Å². The van der Waals surface area contributed by atoms with Crippen LogP contribution in [0.3, 0.4) is 0 Å². The molecule has 0 bridgehead atoms. The minimum absolute atomic E-state index is 0.295. The second-order valence-electron chi connectivity index (χ2n) is 4.47. The molecule has 1 N–H and O–H groups in total. The Morgan fingerprint density at radius 3 is 2.73 bits per heavy atom. The Morgan fingerprint density at radius 2 is 2.00 bits per heavy atom. The number of nitrogens with zero attached hydrogens (tertiary/aromatic N) is 3. The third-order valence-electron chi connectivity index (χ3n) is 2.93. The van der Waals surface area contributed by atoms with E-state index in [9.17, 15) is 4.39 Å². The SMILES string of the molecule is Fc1ccc(/C=N\n2c(-c3cccc(Cl)c3)n[nH]c2=S)cc1. The second-order valence-corrected chi connectivity index (χ2v) is 5.29. The topological polar surface area (TPSA) is 46.0 Å². The van der Waals surface area contributed by atoms with E-state index in [0.717, 1.165) is 11.1 Å². The van der Waals surface area contributed by atoms with E-state index in [0.29, 0.717) is 15.6 Å². The largest absolute Gasteiger partial charge is 0.250 e. The summed E-state index contributed by atoms with van der Waals surface area (Å²) in [7, 11) is 0. The molecule has 2 aromatic carbocycles. The maximum absolute atomic E-state index is 12.9. The molecular formula is C15H10ClFN4S. The predicted octanol–water partition coefficient (Wildman–Crippen LogP) is 4.28. The van der Waals surface area contributed by atoms with Crippen molar-refractivity contribution < 1.29 is 4.39 Å². The molecule has 0 radical (unpaired) electrons. The third-order valence-corrected chi connectivity index (χ3v) is 3.42. The highest BCUT2D eigenvalue weighted by Crippen LogP contribution is 2.21. The van der Waals surface area contributed by atoms with E-state index in [1.54, 1.807) is 30.5 Å². The molecule has 22 heavy (non-hydrogen) atoms. The van der Waals surface area contributed by atoms with Crippen LogP contribution in [0, 0.1) is 10.6 Å². The molecule has 0 saturated heterocycles. The molecule has 7 heteroatoms. The first-order valence-electron chi connectivity index (χ1n) is 6.37. The van der Waals surface area contributed by atoms with E-state index in [2.05, 4.69) is 15.3 Å². The fourth-order valence-corrected chi connectivity index (χ4v) is 2.26. The van der Waals surface area contributed by atoms with Crippen LogP contribution in [0.25, 0.3) is 11.4 Å². The molecule has 3 aromatic rings. The standard InChI is InChI=1S/C15H10ClFN4S/c16-12-3-1-2-11(8-12)14-19-20-15(22)21(14)18-9-10-4-6-13(17)7-5-10/h1-9H,(H,20,22)/b18-9-. The molecule has 0 atom stereocenters. The van der Waals surface area contributed by atoms with E-state index in [4.69, 9.17) is 23.8 Å². The molecule has 0 aliphatic heterocycles. The van der Waals surface area contributed by atoms with Crippen LogP contribution < -0.4 is 0 Å². The lowest BCUT2D eigenvalue weighted by Gasteiger charge is -2.01. The summed E-state index contributed by atoms with van der Waals surface area (Å²) in [4.78, 5) is 0. The van der Waals surface area contributed by atoms with E-state index in [1.165, 1.54) is 16.8 Å². The summed E-state index contributed by atoms with van der Waals surface area (Å²) >= 11 is 11.2. The zero-order valence-corrected chi connectivity index (χ0v) is 12.8. The van der Waals surface area contributed by atoms with Gasteiger partial charge in [0.25, 0.3) is 0 Å². The predicted molar refractivity (Wildman–Crippen MR) is 87.2 cm³/mol. The van der Waals surface area contributed by atoms with Gasteiger partial charge in [0.2, 0.25) is 4.77 Å². The van der Waals surface area contributed by atoms with E-state index < -0.39 is 0 Å². The molecule has 1 heterocycles. The van der Waals surface area contributed by atoms with Gasteiger partial charge in [0, 0.05) is 10.6 Å². The third kappa shape index (κ3) is 3.13. The van der Waals surface area contributed by atoms with Crippen LogP contribution in [0.1, 0.15) is 5.56 Å². The van der Waals surface area contributed by atoms with Crippen LogP contribution in [0.15, 0.2) is 53.6 Å². The van der Waals surface area contributed by atoms with Crippen molar-refractivity contribution in [3.05, 3.63) is 69.7 Å². The average Bonchev–Trinajstić information content (AvgIpc) is 2.88. The first-order valence-corrected chi connectivity index (χ1v) is 7.15. The summed E-state index contributed by atoms with van der Waals surface area (Å²) in [6.45, 7) is 0. The normalized spacial score (nSPS) is 11.2. The van der Waals surface area contributed by atoms with Crippen LogP contribution in [-0.2, 0) is 0 Å². The Balaban J connectivity index is 1.99. The summed E-state index contributed by atoms with van der Waals surface area (Å²) in [5, 5.41) is 11.8. The molecule has 0 spiro atoms. The van der Waals surface area contributed by atoms with Gasteiger partial charge in [0.15, 0.2) is 5.82 Å². The van der Waals surface area contributed by atoms with Crippen molar-refractivity contribution in [2.24, 2.45) is 5.10 Å². The van der Waals surface area contributed by atoms with Gasteiger partial charge >= 0.3 is 0 Å². The van der Waals surface area contributed by atoms with Crippen LogP contribution >= 0.6 is 23.8 Å². The minimum atomic E-state index is -0.295. The zero-order chi connectivity index (χ0) is 15.5. The number of halogens is 2. The molecule has 0 amide bonds. The minimum Gasteiger partial charge on any atom is -0.250 e. The molecule has 1 aromatic heterocycles. The Morgan fingerprint density at radius 1 is 1.23 bits per heavy atom. The van der Waals surface area contributed by atoms with Crippen molar-refractivity contribution in [1.29, 1.82) is 0 Å². The second kappa shape index (κ2) is 6.21. The van der Waals surface area contributed by atoms with Crippen molar-refractivity contribution in [2.45, 2.75) is 0 Å². The first kappa shape index (κ1) is 14.6. The fraction of sp³-hybridized carbons (Fsp3) is 0. The number of rotatable bonds is 3. The van der Waals surface area contributed by atoms with E-state index >= 15 is 0 Å². The molecule has 0 fully saturated rings. The smallest absolute Gasteiger partial charge is 0.216 e. The molecule has 0 aliphatic carbocycles. The summed E-state index contributed by atoms with van der Waals surface area (Å²) in [5.74, 6) is 0.252. The van der Waals surface area contributed by atoms with Gasteiger partial charge in [-0.3, -0.25) is 0 Å². The van der Waals surface area contributed by atoms with Gasteiger partial charge in [0.05, 0.1) is 6.21 Å². The Bertz CT molecular complexity index is 883. The lowest BCUT2D eigenvalue weighted by molar-refractivity contribution is 0.628. The lowest BCUT2D eigenvalue weighted by atomic mass is 10.2. The molecule has 0 unspecified atom stereocenters. The van der Waals surface area contributed by atoms with Crippen molar-refractivity contribution in [1.82, 2.24) is 14.9 Å². The quantitative estimate of drug-likeness (QED) is 0.574. The van der Waals surface area contributed by atoms with Crippen LogP contribution in [-0.4, -0.2) is 21.1 Å². The monoisotopic (exact) mass is 332 g/mol. The first-order chi connectivity index (χ1) is 10.6. The summed E-state index contributed by atoms with van der Waals surface area (Å²) in [6, 6.07) is 13.2. The van der Waals surface area contributed by atoms with Crippen molar-refractivity contribution in [2.75, 3.05) is 0 Å². The zero-order valence-electron chi connectivity index (χ0n) is 11.2. The van der Waals surface area contributed by atoms with Crippen LogP contribution in [0.4, 0.5) is 4.39 Å².